The number of carbonyl (C=O) groups excluding carboxylic acids is 1. The molecule has 0 radical (unpaired) electrons. The quantitative estimate of drug-likeness (QED) is 0.669. The molecule has 20 heavy (non-hydrogen) atoms. The number of hydrogen-bond donors (Lipinski definition) is 1. The van der Waals surface area contributed by atoms with Crippen LogP contribution in [0, 0.1) is 16.0 Å². The zero-order valence-corrected chi connectivity index (χ0v) is 11.5. The Labute approximate surface area is 117 Å². The van der Waals surface area contributed by atoms with Gasteiger partial charge in [-0.3, -0.25) is 14.9 Å². The summed E-state index contributed by atoms with van der Waals surface area (Å²) in [5.74, 6) is -0.0831. The van der Waals surface area contributed by atoms with Crippen LogP contribution in [0.1, 0.15) is 24.8 Å². The van der Waals surface area contributed by atoms with E-state index in [1.165, 1.54) is 12.1 Å². The topological polar surface area (TPSA) is 89.5 Å². The number of nitrogens with two attached hydrogens (primary N) is 1. The van der Waals surface area contributed by atoms with Crippen molar-refractivity contribution in [1.29, 1.82) is 0 Å². The third kappa shape index (κ3) is 3.14. The highest BCUT2D eigenvalue weighted by molar-refractivity contribution is 5.79. The zero-order valence-electron chi connectivity index (χ0n) is 11.5. The van der Waals surface area contributed by atoms with Crippen molar-refractivity contribution in [2.24, 2.45) is 11.7 Å². The van der Waals surface area contributed by atoms with Crippen molar-refractivity contribution >= 4 is 11.6 Å². The Hall–Kier alpha value is -1.95. The molecule has 1 amide bonds. The molecule has 2 N–H and O–H groups in total. The molecule has 1 fully saturated rings. The fraction of sp³-hybridized carbons (Fsp3) is 0.500. The molecule has 0 aromatic heterocycles. The van der Waals surface area contributed by atoms with E-state index in [2.05, 4.69) is 0 Å². The Morgan fingerprint density at radius 2 is 2.25 bits per heavy atom. The van der Waals surface area contributed by atoms with E-state index in [0.717, 1.165) is 24.8 Å². The van der Waals surface area contributed by atoms with E-state index < -0.39 is 4.92 Å². The number of amides is 1. The Morgan fingerprint density at radius 1 is 1.50 bits per heavy atom. The maximum absolute atomic E-state index is 12.3. The third-order valence-corrected chi connectivity index (χ3v) is 3.80. The minimum absolute atomic E-state index is 0.0292. The molecule has 1 aliphatic carbocycles. The van der Waals surface area contributed by atoms with Crippen LogP contribution in [-0.4, -0.2) is 28.8 Å². The molecule has 1 aromatic rings. The first-order chi connectivity index (χ1) is 9.49. The summed E-state index contributed by atoms with van der Waals surface area (Å²) in [5.41, 5.74) is 6.73. The molecule has 2 atom stereocenters. The highest BCUT2D eigenvalue weighted by Gasteiger charge is 2.32. The number of benzene rings is 1. The van der Waals surface area contributed by atoms with E-state index in [1.807, 2.05) is 0 Å². The summed E-state index contributed by atoms with van der Waals surface area (Å²) in [6.45, 7) is 0.365. The summed E-state index contributed by atoms with van der Waals surface area (Å²) in [4.78, 5) is 24.2. The number of carbonyl (C=O) groups is 1. The molecule has 0 spiro atoms. The van der Waals surface area contributed by atoms with E-state index in [4.69, 9.17) is 5.73 Å². The number of rotatable bonds is 4. The Morgan fingerprint density at radius 3 is 2.85 bits per heavy atom. The second-order valence-electron chi connectivity index (χ2n) is 5.32. The van der Waals surface area contributed by atoms with Gasteiger partial charge in [-0.1, -0.05) is 18.6 Å². The average molecular weight is 277 g/mol. The molecule has 0 saturated heterocycles. The smallest absolute Gasteiger partial charge is 0.269 e. The molecule has 2 rings (SSSR count). The summed E-state index contributed by atoms with van der Waals surface area (Å²) < 4.78 is 0. The molecule has 6 heteroatoms. The molecule has 0 heterocycles. The zero-order chi connectivity index (χ0) is 14.7. The normalized spacial score (nSPS) is 21.7. The number of nitro groups is 1. The van der Waals surface area contributed by atoms with E-state index >= 15 is 0 Å². The second-order valence-corrected chi connectivity index (χ2v) is 5.32. The number of hydrogen-bond acceptors (Lipinski definition) is 4. The summed E-state index contributed by atoms with van der Waals surface area (Å²) in [5, 5.41) is 10.7. The highest BCUT2D eigenvalue weighted by atomic mass is 16.6. The fourth-order valence-corrected chi connectivity index (χ4v) is 2.70. The van der Waals surface area contributed by atoms with Crippen molar-refractivity contribution in [3.05, 3.63) is 39.9 Å². The first-order valence-electron chi connectivity index (χ1n) is 6.73. The highest BCUT2D eigenvalue weighted by Crippen LogP contribution is 2.26. The van der Waals surface area contributed by atoms with E-state index in [9.17, 15) is 14.9 Å². The lowest BCUT2D eigenvalue weighted by Gasteiger charge is -2.23. The van der Waals surface area contributed by atoms with Gasteiger partial charge in [-0.25, -0.2) is 0 Å². The van der Waals surface area contributed by atoms with Gasteiger partial charge in [0.05, 0.1) is 10.8 Å². The summed E-state index contributed by atoms with van der Waals surface area (Å²) in [7, 11) is 1.71. The lowest BCUT2D eigenvalue weighted by atomic mass is 10.0. The fourth-order valence-electron chi connectivity index (χ4n) is 2.70. The van der Waals surface area contributed by atoms with Crippen molar-refractivity contribution in [3.63, 3.8) is 0 Å². The Bertz CT molecular complexity index is 518. The number of non-ortho nitro benzene ring substituents is 1. The maximum Gasteiger partial charge on any atom is 0.269 e. The molecule has 108 valence electrons. The van der Waals surface area contributed by atoms with Gasteiger partial charge in [0.1, 0.15) is 0 Å². The standard InChI is InChI=1S/C14H19N3O3/c1-16(14(18)12-6-3-7-13(12)15)9-10-4-2-5-11(8-10)17(19)20/h2,4-5,8,12-13H,3,6-7,9,15H2,1H3. The molecule has 1 aliphatic rings. The Balaban J connectivity index is 2.03. The molecule has 0 bridgehead atoms. The van der Waals surface area contributed by atoms with Crippen LogP contribution in [0.15, 0.2) is 24.3 Å². The Kier molecular flexibility index (Phi) is 4.34. The summed E-state index contributed by atoms with van der Waals surface area (Å²) in [6, 6.07) is 6.30. The van der Waals surface area contributed by atoms with Crippen LogP contribution >= 0.6 is 0 Å². The van der Waals surface area contributed by atoms with Gasteiger partial charge in [-0.2, -0.15) is 0 Å². The minimum Gasteiger partial charge on any atom is -0.341 e. The summed E-state index contributed by atoms with van der Waals surface area (Å²) in [6.07, 6.45) is 2.71. The molecule has 2 unspecified atom stereocenters. The van der Waals surface area contributed by atoms with Crippen LogP contribution in [0.2, 0.25) is 0 Å². The van der Waals surface area contributed by atoms with Gasteiger partial charge in [-0.05, 0) is 18.4 Å². The van der Waals surface area contributed by atoms with Crippen molar-refractivity contribution in [2.75, 3.05) is 7.05 Å². The van der Waals surface area contributed by atoms with Gasteiger partial charge in [-0.15, -0.1) is 0 Å². The van der Waals surface area contributed by atoms with E-state index in [0.29, 0.717) is 6.54 Å². The van der Waals surface area contributed by atoms with Crippen molar-refractivity contribution in [1.82, 2.24) is 4.90 Å². The van der Waals surface area contributed by atoms with E-state index in [1.54, 1.807) is 24.1 Å². The monoisotopic (exact) mass is 277 g/mol. The van der Waals surface area contributed by atoms with Gasteiger partial charge in [0, 0.05) is 31.8 Å². The molecule has 1 aromatic carbocycles. The summed E-state index contributed by atoms with van der Waals surface area (Å²) >= 11 is 0. The predicted octanol–water partition coefficient (Wildman–Crippen LogP) is 1.68. The van der Waals surface area contributed by atoms with Gasteiger partial charge in [0.15, 0.2) is 0 Å². The van der Waals surface area contributed by atoms with Gasteiger partial charge in [0.2, 0.25) is 5.91 Å². The van der Waals surface area contributed by atoms with Crippen LogP contribution in [0.5, 0.6) is 0 Å². The van der Waals surface area contributed by atoms with Crippen molar-refractivity contribution < 1.29 is 9.72 Å². The number of nitrogens with zero attached hydrogens (tertiary/aromatic N) is 2. The van der Waals surface area contributed by atoms with Crippen molar-refractivity contribution in [3.8, 4) is 0 Å². The predicted molar refractivity (Wildman–Crippen MR) is 74.9 cm³/mol. The van der Waals surface area contributed by atoms with E-state index in [-0.39, 0.29) is 23.6 Å². The molecule has 0 aliphatic heterocycles. The molecular weight excluding hydrogens is 258 g/mol. The number of nitro benzene ring substituents is 1. The van der Waals surface area contributed by atoms with Gasteiger partial charge in [0.25, 0.3) is 5.69 Å². The molecular formula is C14H19N3O3. The first-order valence-corrected chi connectivity index (χ1v) is 6.73. The average Bonchev–Trinajstić information content (AvgIpc) is 2.84. The lowest BCUT2D eigenvalue weighted by molar-refractivity contribution is -0.384. The van der Waals surface area contributed by atoms with Crippen LogP contribution in [0.4, 0.5) is 5.69 Å². The molecule has 6 nitrogen and oxygen atoms in total. The van der Waals surface area contributed by atoms with Crippen LogP contribution in [0.25, 0.3) is 0 Å². The van der Waals surface area contributed by atoms with Gasteiger partial charge >= 0.3 is 0 Å². The van der Waals surface area contributed by atoms with Crippen LogP contribution in [0.3, 0.4) is 0 Å². The maximum atomic E-state index is 12.3. The second kappa shape index (κ2) is 6.00. The minimum atomic E-state index is -0.432. The first kappa shape index (κ1) is 14.5. The van der Waals surface area contributed by atoms with Crippen molar-refractivity contribution in [2.45, 2.75) is 31.8 Å². The van der Waals surface area contributed by atoms with Crippen LogP contribution < -0.4 is 5.73 Å². The largest absolute Gasteiger partial charge is 0.341 e. The lowest BCUT2D eigenvalue weighted by Crippen LogP contribution is -2.39. The molecule has 1 saturated carbocycles. The van der Waals surface area contributed by atoms with Crippen LogP contribution in [-0.2, 0) is 11.3 Å². The SMILES string of the molecule is CN(Cc1cccc([N+](=O)[O-])c1)C(=O)C1CCCC1N. The van der Waals surface area contributed by atoms with Gasteiger partial charge < -0.3 is 10.6 Å². The third-order valence-electron chi connectivity index (χ3n) is 3.80.